The van der Waals surface area contributed by atoms with Gasteiger partial charge >= 0.3 is 0 Å². The molecule has 3 heteroatoms. The predicted octanol–water partition coefficient (Wildman–Crippen LogP) is 0.854. The average molecular weight is 166 g/mol. The van der Waals surface area contributed by atoms with E-state index >= 15 is 0 Å². The van der Waals surface area contributed by atoms with Gasteiger partial charge in [-0.1, -0.05) is 0 Å². The van der Waals surface area contributed by atoms with Crippen molar-refractivity contribution in [2.75, 3.05) is 6.61 Å². The maximum atomic E-state index is 8.59. The van der Waals surface area contributed by atoms with Crippen LogP contribution in [-0.2, 0) is 0 Å². The Kier molecular flexibility index (Phi) is 3.70. The Morgan fingerprint density at radius 3 is 2.67 bits per heavy atom. The van der Waals surface area contributed by atoms with Gasteiger partial charge in [-0.05, 0) is 30.5 Å². The van der Waals surface area contributed by atoms with Crippen molar-refractivity contribution in [2.45, 2.75) is 18.9 Å². The van der Waals surface area contributed by atoms with Crippen LogP contribution in [0.25, 0.3) is 0 Å². The third-order valence-electron chi connectivity index (χ3n) is 1.81. The van der Waals surface area contributed by atoms with E-state index in [2.05, 4.69) is 4.98 Å². The molecule has 1 heterocycles. The van der Waals surface area contributed by atoms with E-state index in [-0.39, 0.29) is 12.6 Å². The molecule has 0 bridgehead atoms. The van der Waals surface area contributed by atoms with Gasteiger partial charge in [0.1, 0.15) is 0 Å². The number of pyridine rings is 1. The normalized spacial score (nSPS) is 12.8. The summed E-state index contributed by atoms with van der Waals surface area (Å²) in [6.07, 6.45) is 5.03. The van der Waals surface area contributed by atoms with Gasteiger partial charge in [-0.3, -0.25) is 4.98 Å². The van der Waals surface area contributed by atoms with Crippen molar-refractivity contribution in [2.24, 2.45) is 5.73 Å². The molecule has 0 unspecified atom stereocenters. The molecule has 1 atom stereocenters. The number of hydrogen-bond donors (Lipinski definition) is 2. The highest BCUT2D eigenvalue weighted by atomic mass is 16.2. The quantitative estimate of drug-likeness (QED) is 0.697. The van der Waals surface area contributed by atoms with E-state index in [1.165, 1.54) is 0 Å². The van der Waals surface area contributed by atoms with Crippen molar-refractivity contribution in [3.05, 3.63) is 30.1 Å². The van der Waals surface area contributed by atoms with E-state index in [1.54, 1.807) is 12.4 Å². The standard InChI is InChI=1S/C9H14N2O/c10-9(2-1-7-12)8-3-5-11-6-4-8/h3-6,9,12H,1-2,7,10H2/t9-/m1/s1. The molecule has 1 rings (SSSR count). The fourth-order valence-corrected chi connectivity index (χ4v) is 1.09. The molecule has 0 fully saturated rings. The van der Waals surface area contributed by atoms with Crippen LogP contribution in [0.4, 0.5) is 0 Å². The summed E-state index contributed by atoms with van der Waals surface area (Å²) in [5.74, 6) is 0. The number of aliphatic hydroxyl groups is 1. The molecule has 3 nitrogen and oxygen atoms in total. The second kappa shape index (κ2) is 4.85. The largest absolute Gasteiger partial charge is 0.396 e. The predicted molar refractivity (Wildman–Crippen MR) is 47.5 cm³/mol. The zero-order chi connectivity index (χ0) is 8.81. The zero-order valence-corrected chi connectivity index (χ0v) is 6.98. The van der Waals surface area contributed by atoms with Crippen molar-refractivity contribution in [3.63, 3.8) is 0 Å². The first-order valence-electron chi connectivity index (χ1n) is 4.11. The third-order valence-corrected chi connectivity index (χ3v) is 1.81. The van der Waals surface area contributed by atoms with Crippen LogP contribution in [0.1, 0.15) is 24.4 Å². The Morgan fingerprint density at radius 1 is 1.42 bits per heavy atom. The van der Waals surface area contributed by atoms with E-state index < -0.39 is 0 Å². The Labute approximate surface area is 72.2 Å². The first-order valence-corrected chi connectivity index (χ1v) is 4.11. The minimum atomic E-state index is 0.0279. The van der Waals surface area contributed by atoms with Gasteiger partial charge in [-0.25, -0.2) is 0 Å². The van der Waals surface area contributed by atoms with Crippen LogP contribution in [0.3, 0.4) is 0 Å². The summed E-state index contributed by atoms with van der Waals surface area (Å²) < 4.78 is 0. The molecule has 0 saturated heterocycles. The van der Waals surface area contributed by atoms with Crippen LogP contribution in [0.5, 0.6) is 0 Å². The smallest absolute Gasteiger partial charge is 0.0431 e. The van der Waals surface area contributed by atoms with Crippen LogP contribution < -0.4 is 5.73 Å². The number of aromatic nitrogens is 1. The van der Waals surface area contributed by atoms with Gasteiger partial charge in [0, 0.05) is 25.0 Å². The minimum absolute atomic E-state index is 0.0279. The minimum Gasteiger partial charge on any atom is -0.396 e. The van der Waals surface area contributed by atoms with E-state index in [1.807, 2.05) is 12.1 Å². The van der Waals surface area contributed by atoms with E-state index in [0.717, 1.165) is 18.4 Å². The van der Waals surface area contributed by atoms with Crippen molar-refractivity contribution in [1.29, 1.82) is 0 Å². The van der Waals surface area contributed by atoms with Crippen molar-refractivity contribution in [3.8, 4) is 0 Å². The van der Waals surface area contributed by atoms with Gasteiger partial charge in [0.05, 0.1) is 0 Å². The second-order valence-electron chi connectivity index (χ2n) is 2.75. The zero-order valence-electron chi connectivity index (χ0n) is 6.98. The number of rotatable bonds is 4. The Morgan fingerprint density at radius 2 is 2.08 bits per heavy atom. The maximum absolute atomic E-state index is 8.59. The number of nitrogens with zero attached hydrogens (tertiary/aromatic N) is 1. The molecule has 0 aliphatic carbocycles. The molecule has 0 spiro atoms. The average Bonchev–Trinajstić information content (AvgIpc) is 2.15. The molecule has 0 aromatic carbocycles. The van der Waals surface area contributed by atoms with Gasteiger partial charge in [-0.15, -0.1) is 0 Å². The number of hydrogen-bond acceptors (Lipinski definition) is 3. The molecular formula is C9H14N2O. The van der Waals surface area contributed by atoms with Gasteiger partial charge in [0.2, 0.25) is 0 Å². The van der Waals surface area contributed by atoms with Crippen molar-refractivity contribution < 1.29 is 5.11 Å². The monoisotopic (exact) mass is 166 g/mol. The Balaban J connectivity index is 2.48. The summed E-state index contributed by atoms with van der Waals surface area (Å²) in [6.45, 7) is 0.207. The third kappa shape index (κ3) is 2.60. The highest BCUT2D eigenvalue weighted by Gasteiger charge is 2.03. The van der Waals surface area contributed by atoms with E-state index in [0.29, 0.717) is 0 Å². The first kappa shape index (κ1) is 9.16. The summed E-state index contributed by atoms with van der Waals surface area (Å²) >= 11 is 0. The van der Waals surface area contributed by atoms with Crippen molar-refractivity contribution in [1.82, 2.24) is 4.98 Å². The van der Waals surface area contributed by atoms with Gasteiger partial charge in [-0.2, -0.15) is 0 Å². The molecule has 1 aromatic rings. The van der Waals surface area contributed by atoms with Crippen LogP contribution in [0.15, 0.2) is 24.5 Å². The molecule has 0 aliphatic rings. The lowest BCUT2D eigenvalue weighted by Crippen LogP contribution is -2.10. The topological polar surface area (TPSA) is 59.1 Å². The molecule has 0 aliphatic heterocycles. The van der Waals surface area contributed by atoms with Crippen molar-refractivity contribution >= 4 is 0 Å². The van der Waals surface area contributed by atoms with Crippen LogP contribution in [0.2, 0.25) is 0 Å². The number of aliphatic hydroxyl groups excluding tert-OH is 1. The van der Waals surface area contributed by atoms with E-state index in [9.17, 15) is 0 Å². The van der Waals surface area contributed by atoms with Gasteiger partial charge in [0.15, 0.2) is 0 Å². The summed E-state index contributed by atoms with van der Waals surface area (Å²) in [4.78, 5) is 3.90. The first-order chi connectivity index (χ1) is 5.84. The highest BCUT2D eigenvalue weighted by Crippen LogP contribution is 2.13. The lowest BCUT2D eigenvalue weighted by Gasteiger charge is -2.09. The Hall–Kier alpha value is -0.930. The fourth-order valence-electron chi connectivity index (χ4n) is 1.09. The molecule has 1 aromatic heterocycles. The van der Waals surface area contributed by atoms with Gasteiger partial charge < -0.3 is 10.8 Å². The lowest BCUT2D eigenvalue weighted by molar-refractivity contribution is 0.280. The lowest BCUT2D eigenvalue weighted by atomic mass is 10.1. The molecule has 0 radical (unpaired) electrons. The molecule has 66 valence electrons. The highest BCUT2D eigenvalue weighted by molar-refractivity contribution is 5.13. The SMILES string of the molecule is N[C@H](CCCO)c1ccncc1. The molecule has 0 amide bonds. The van der Waals surface area contributed by atoms with Crippen LogP contribution in [0, 0.1) is 0 Å². The second-order valence-corrected chi connectivity index (χ2v) is 2.75. The molecule has 0 saturated carbocycles. The fraction of sp³-hybridized carbons (Fsp3) is 0.444. The van der Waals surface area contributed by atoms with Crippen LogP contribution in [-0.4, -0.2) is 16.7 Å². The van der Waals surface area contributed by atoms with E-state index in [4.69, 9.17) is 10.8 Å². The Bertz CT molecular complexity index is 213. The summed E-state index contributed by atoms with van der Waals surface area (Å²) in [5.41, 5.74) is 6.92. The summed E-state index contributed by atoms with van der Waals surface area (Å²) in [6, 6.07) is 3.84. The molecule has 3 N–H and O–H groups in total. The summed E-state index contributed by atoms with van der Waals surface area (Å²) in [7, 11) is 0. The number of nitrogens with two attached hydrogens (primary N) is 1. The summed E-state index contributed by atoms with van der Waals surface area (Å²) in [5, 5.41) is 8.59. The molecular weight excluding hydrogens is 152 g/mol. The maximum Gasteiger partial charge on any atom is 0.0431 e. The van der Waals surface area contributed by atoms with Gasteiger partial charge in [0.25, 0.3) is 0 Å². The molecule has 12 heavy (non-hydrogen) atoms. The van der Waals surface area contributed by atoms with Crippen LogP contribution >= 0.6 is 0 Å².